The van der Waals surface area contributed by atoms with E-state index >= 15 is 0 Å². The minimum atomic E-state index is 0.763. The lowest BCUT2D eigenvalue weighted by atomic mass is 10.2. The first-order chi connectivity index (χ1) is 6.27. The van der Waals surface area contributed by atoms with E-state index in [-0.39, 0.29) is 0 Å². The van der Waals surface area contributed by atoms with Gasteiger partial charge >= 0.3 is 0 Å². The summed E-state index contributed by atoms with van der Waals surface area (Å²) in [6, 6.07) is 5.90. The van der Waals surface area contributed by atoms with Crippen LogP contribution >= 0.6 is 31.9 Å². The second-order valence-electron chi connectivity index (χ2n) is 2.49. The zero-order valence-electron chi connectivity index (χ0n) is 6.50. The third kappa shape index (κ3) is 1.84. The molecule has 2 rings (SSSR count). The average Bonchev–Trinajstić information content (AvgIpc) is 2.56. The molecule has 0 spiro atoms. The van der Waals surface area contributed by atoms with Crippen LogP contribution in [0.3, 0.4) is 0 Å². The monoisotopic (exact) mass is 301 g/mol. The zero-order chi connectivity index (χ0) is 9.26. The molecule has 0 fully saturated rings. The minimum absolute atomic E-state index is 0.763. The molecule has 0 aliphatic rings. The molecule has 0 radical (unpaired) electrons. The first-order valence-corrected chi connectivity index (χ1v) is 5.20. The standard InChI is InChI=1S/C9H5Br2NO/c10-6-1-2-7(8(11)3-6)9-4-12-5-13-9/h1-5H. The van der Waals surface area contributed by atoms with Gasteiger partial charge in [-0.15, -0.1) is 0 Å². The second kappa shape index (κ2) is 3.64. The summed E-state index contributed by atoms with van der Waals surface area (Å²) in [5, 5.41) is 0. The Hall–Kier alpha value is -0.610. The highest BCUT2D eigenvalue weighted by Gasteiger charge is 2.05. The summed E-state index contributed by atoms with van der Waals surface area (Å²) in [5.74, 6) is 0.763. The van der Waals surface area contributed by atoms with E-state index in [9.17, 15) is 0 Å². The van der Waals surface area contributed by atoms with E-state index in [2.05, 4.69) is 36.8 Å². The van der Waals surface area contributed by atoms with Gasteiger partial charge < -0.3 is 4.42 Å². The summed E-state index contributed by atoms with van der Waals surface area (Å²) in [6.07, 6.45) is 3.11. The number of hydrogen-bond donors (Lipinski definition) is 0. The molecule has 2 nitrogen and oxygen atoms in total. The first-order valence-electron chi connectivity index (χ1n) is 3.61. The Balaban J connectivity index is 2.53. The molecule has 0 aliphatic carbocycles. The van der Waals surface area contributed by atoms with Crippen molar-refractivity contribution in [1.29, 1.82) is 0 Å². The van der Waals surface area contributed by atoms with Crippen LogP contribution in [-0.4, -0.2) is 4.98 Å². The normalized spacial score (nSPS) is 10.3. The summed E-state index contributed by atoms with van der Waals surface area (Å²) in [7, 11) is 0. The SMILES string of the molecule is Brc1ccc(-c2cnco2)c(Br)c1. The largest absolute Gasteiger partial charge is 0.443 e. The van der Waals surface area contributed by atoms with Crippen molar-refractivity contribution in [1.82, 2.24) is 4.98 Å². The molecule has 0 amide bonds. The Morgan fingerprint density at radius 3 is 2.69 bits per heavy atom. The van der Waals surface area contributed by atoms with Crippen molar-refractivity contribution in [2.75, 3.05) is 0 Å². The molecule has 0 bridgehead atoms. The Labute approximate surface area is 92.2 Å². The molecule has 13 heavy (non-hydrogen) atoms. The molecular formula is C9H5Br2NO. The van der Waals surface area contributed by atoms with Gasteiger partial charge in [0, 0.05) is 14.5 Å². The number of halogens is 2. The van der Waals surface area contributed by atoms with Crippen LogP contribution in [-0.2, 0) is 0 Å². The molecular weight excluding hydrogens is 298 g/mol. The number of hydrogen-bond acceptors (Lipinski definition) is 2. The highest BCUT2D eigenvalue weighted by Crippen LogP contribution is 2.30. The van der Waals surface area contributed by atoms with E-state index < -0.39 is 0 Å². The highest BCUT2D eigenvalue weighted by molar-refractivity contribution is 9.11. The van der Waals surface area contributed by atoms with Crippen LogP contribution in [0.4, 0.5) is 0 Å². The third-order valence-electron chi connectivity index (χ3n) is 1.63. The van der Waals surface area contributed by atoms with Gasteiger partial charge in [0.15, 0.2) is 12.2 Å². The van der Waals surface area contributed by atoms with Crippen LogP contribution in [0.1, 0.15) is 0 Å². The van der Waals surface area contributed by atoms with Gasteiger partial charge in [0.2, 0.25) is 0 Å². The van der Waals surface area contributed by atoms with Crippen LogP contribution < -0.4 is 0 Å². The average molecular weight is 303 g/mol. The molecule has 0 saturated heterocycles. The number of rotatable bonds is 1. The van der Waals surface area contributed by atoms with Gasteiger partial charge in [0.25, 0.3) is 0 Å². The molecule has 0 atom stereocenters. The lowest BCUT2D eigenvalue weighted by Gasteiger charge is -1.99. The summed E-state index contributed by atoms with van der Waals surface area (Å²) in [6.45, 7) is 0. The van der Waals surface area contributed by atoms with Crippen molar-refractivity contribution in [2.45, 2.75) is 0 Å². The Morgan fingerprint density at radius 2 is 2.08 bits per heavy atom. The van der Waals surface area contributed by atoms with Crippen LogP contribution in [0.2, 0.25) is 0 Å². The van der Waals surface area contributed by atoms with Crippen LogP contribution in [0, 0.1) is 0 Å². The molecule has 1 aromatic heterocycles. The predicted molar refractivity (Wildman–Crippen MR) is 57.3 cm³/mol. The maximum Gasteiger partial charge on any atom is 0.181 e. The van der Waals surface area contributed by atoms with Gasteiger partial charge in [-0.3, -0.25) is 0 Å². The maximum absolute atomic E-state index is 5.18. The number of benzene rings is 1. The van der Waals surface area contributed by atoms with E-state index in [0.717, 1.165) is 20.3 Å². The smallest absolute Gasteiger partial charge is 0.181 e. The van der Waals surface area contributed by atoms with Crippen molar-refractivity contribution in [3.05, 3.63) is 39.7 Å². The fourth-order valence-electron chi connectivity index (χ4n) is 1.04. The number of oxazole rings is 1. The van der Waals surface area contributed by atoms with Gasteiger partial charge in [-0.1, -0.05) is 15.9 Å². The van der Waals surface area contributed by atoms with Crippen molar-refractivity contribution in [3.63, 3.8) is 0 Å². The van der Waals surface area contributed by atoms with Crippen molar-refractivity contribution < 1.29 is 4.42 Å². The molecule has 66 valence electrons. The second-order valence-corrected chi connectivity index (χ2v) is 4.26. The topological polar surface area (TPSA) is 26.0 Å². The molecule has 4 heteroatoms. The highest BCUT2D eigenvalue weighted by atomic mass is 79.9. The summed E-state index contributed by atoms with van der Waals surface area (Å²) in [5.41, 5.74) is 1.00. The predicted octanol–water partition coefficient (Wildman–Crippen LogP) is 3.87. The van der Waals surface area contributed by atoms with Gasteiger partial charge in [-0.2, -0.15) is 0 Å². The van der Waals surface area contributed by atoms with Crippen LogP contribution in [0.25, 0.3) is 11.3 Å². The van der Waals surface area contributed by atoms with Crippen molar-refractivity contribution in [3.8, 4) is 11.3 Å². The lowest BCUT2D eigenvalue weighted by molar-refractivity contribution is 0.571. The van der Waals surface area contributed by atoms with Gasteiger partial charge in [0.1, 0.15) is 0 Å². The number of aromatic nitrogens is 1. The summed E-state index contributed by atoms with van der Waals surface area (Å²) < 4.78 is 7.20. The van der Waals surface area contributed by atoms with Gasteiger partial charge in [0.05, 0.1) is 6.20 Å². The molecule has 0 aliphatic heterocycles. The van der Waals surface area contributed by atoms with Crippen LogP contribution in [0.15, 0.2) is 44.2 Å². The van der Waals surface area contributed by atoms with E-state index in [1.165, 1.54) is 6.39 Å². The number of nitrogens with zero attached hydrogens (tertiary/aromatic N) is 1. The van der Waals surface area contributed by atoms with Crippen molar-refractivity contribution in [2.24, 2.45) is 0 Å². The van der Waals surface area contributed by atoms with E-state index in [4.69, 9.17) is 4.42 Å². The first kappa shape index (κ1) is 8.97. The fourth-order valence-corrected chi connectivity index (χ4v) is 2.28. The zero-order valence-corrected chi connectivity index (χ0v) is 9.67. The van der Waals surface area contributed by atoms with E-state index in [1.54, 1.807) is 6.20 Å². The third-order valence-corrected chi connectivity index (χ3v) is 2.78. The summed E-state index contributed by atoms with van der Waals surface area (Å²) in [4.78, 5) is 3.86. The fraction of sp³-hybridized carbons (Fsp3) is 0. The maximum atomic E-state index is 5.18. The van der Waals surface area contributed by atoms with Crippen molar-refractivity contribution >= 4 is 31.9 Å². The minimum Gasteiger partial charge on any atom is -0.443 e. The molecule has 1 heterocycles. The van der Waals surface area contributed by atoms with Gasteiger partial charge in [-0.05, 0) is 34.1 Å². The molecule has 2 aromatic rings. The van der Waals surface area contributed by atoms with E-state index in [0.29, 0.717) is 0 Å². The Bertz CT molecular complexity index is 412. The molecule has 0 unspecified atom stereocenters. The summed E-state index contributed by atoms with van der Waals surface area (Å²) >= 11 is 6.83. The molecule has 1 aromatic carbocycles. The van der Waals surface area contributed by atoms with E-state index in [1.807, 2.05) is 18.2 Å². The molecule has 0 N–H and O–H groups in total. The Kier molecular flexibility index (Phi) is 2.51. The molecule has 0 saturated carbocycles. The van der Waals surface area contributed by atoms with Gasteiger partial charge in [-0.25, -0.2) is 4.98 Å². The van der Waals surface area contributed by atoms with Crippen LogP contribution in [0.5, 0.6) is 0 Å². The lowest BCUT2D eigenvalue weighted by Crippen LogP contribution is -1.76. The quantitative estimate of drug-likeness (QED) is 0.799. The Morgan fingerprint density at radius 1 is 1.23 bits per heavy atom.